The molecule has 2 N–H and O–H groups in total. The molecule has 1 aliphatic carbocycles. The normalized spacial score (nSPS) is 19.5. The zero-order valence-corrected chi connectivity index (χ0v) is 14.9. The van der Waals surface area contributed by atoms with Gasteiger partial charge < -0.3 is 20.3 Å². The third kappa shape index (κ3) is 6.22. The molecule has 1 rings (SSSR count). The molecule has 0 saturated heterocycles. The van der Waals surface area contributed by atoms with Crippen molar-refractivity contribution in [3.05, 3.63) is 0 Å². The molecule has 1 saturated carbocycles. The van der Waals surface area contributed by atoms with E-state index in [1.165, 1.54) is 12.8 Å². The number of hydrogen-bond donors (Lipinski definition) is 2. The van der Waals surface area contributed by atoms with Gasteiger partial charge in [-0.3, -0.25) is 4.99 Å². The van der Waals surface area contributed by atoms with Gasteiger partial charge in [0.25, 0.3) is 0 Å². The molecule has 0 aliphatic heterocycles. The van der Waals surface area contributed by atoms with Gasteiger partial charge >= 0.3 is 0 Å². The van der Waals surface area contributed by atoms with Crippen molar-refractivity contribution < 1.29 is 4.74 Å². The van der Waals surface area contributed by atoms with Gasteiger partial charge in [0.15, 0.2) is 5.96 Å². The predicted octanol–water partition coefficient (Wildman–Crippen LogP) is 1.55. The maximum absolute atomic E-state index is 5.57. The number of rotatable bonds is 7. The molecule has 0 aromatic heterocycles. The third-order valence-electron chi connectivity index (χ3n) is 4.24. The summed E-state index contributed by atoms with van der Waals surface area (Å²) >= 11 is 0. The summed E-state index contributed by atoms with van der Waals surface area (Å²) in [5, 5.41) is 6.82. The van der Waals surface area contributed by atoms with E-state index in [2.05, 4.69) is 55.4 Å². The van der Waals surface area contributed by atoms with Gasteiger partial charge in [0, 0.05) is 33.3 Å². The third-order valence-corrected chi connectivity index (χ3v) is 4.24. The van der Waals surface area contributed by atoms with Gasteiger partial charge in [-0.05, 0) is 38.3 Å². The molecule has 0 spiro atoms. The molecule has 5 heteroatoms. The lowest BCUT2D eigenvalue weighted by Gasteiger charge is -2.30. The lowest BCUT2D eigenvalue weighted by Crippen LogP contribution is -2.49. The molecule has 2 atom stereocenters. The molecular formula is C16H34N4O. The van der Waals surface area contributed by atoms with Crippen LogP contribution in [0.2, 0.25) is 0 Å². The zero-order chi connectivity index (χ0) is 16.0. The quantitative estimate of drug-likeness (QED) is 0.553. The van der Waals surface area contributed by atoms with E-state index in [1.807, 2.05) is 7.05 Å². The van der Waals surface area contributed by atoms with Crippen LogP contribution in [-0.4, -0.2) is 64.3 Å². The van der Waals surface area contributed by atoms with Crippen molar-refractivity contribution in [3.63, 3.8) is 0 Å². The fraction of sp³-hybridized carbons (Fsp3) is 0.938. The number of guanidine groups is 1. The molecule has 1 aliphatic rings. The first kappa shape index (κ1) is 18.2. The van der Waals surface area contributed by atoms with Gasteiger partial charge in [0.2, 0.25) is 0 Å². The summed E-state index contributed by atoms with van der Waals surface area (Å²) in [7, 11) is 7.89. The second kappa shape index (κ2) is 7.99. The van der Waals surface area contributed by atoms with E-state index in [1.54, 1.807) is 7.11 Å². The minimum absolute atomic E-state index is 0.112. The number of methoxy groups -OCH3 is 1. The van der Waals surface area contributed by atoms with Crippen LogP contribution in [0.25, 0.3) is 0 Å². The number of ether oxygens (including phenoxy) is 1. The monoisotopic (exact) mass is 298 g/mol. The Hall–Kier alpha value is -0.810. The lowest BCUT2D eigenvalue weighted by atomic mass is 9.89. The molecule has 0 heterocycles. The highest BCUT2D eigenvalue weighted by molar-refractivity contribution is 5.79. The van der Waals surface area contributed by atoms with E-state index in [0.717, 1.165) is 25.0 Å². The summed E-state index contributed by atoms with van der Waals surface area (Å²) < 4.78 is 5.57. The topological polar surface area (TPSA) is 48.9 Å². The van der Waals surface area contributed by atoms with Crippen molar-refractivity contribution in [2.45, 2.75) is 45.8 Å². The van der Waals surface area contributed by atoms with Crippen molar-refractivity contribution in [3.8, 4) is 0 Å². The van der Waals surface area contributed by atoms with Gasteiger partial charge in [-0.2, -0.15) is 0 Å². The largest absolute Gasteiger partial charge is 0.379 e. The molecule has 0 radical (unpaired) electrons. The average molecular weight is 298 g/mol. The van der Waals surface area contributed by atoms with Gasteiger partial charge in [-0.1, -0.05) is 20.8 Å². The number of likely N-dealkylation sites (N-methyl/N-ethyl adjacent to an activating group) is 1. The predicted molar refractivity (Wildman–Crippen MR) is 89.8 cm³/mol. The first-order valence-electron chi connectivity index (χ1n) is 7.93. The highest BCUT2D eigenvalue weighted by Gasteiger charge is 2.32. The number of nitrogens with zero attached hydrogens (tertiary/aromatic N) is 2. The van der Waals surface area contributed by atoms with Crippen LogP contribution in [0.4, 0.5) is 0 Å². The minimum Gasteiger partial charge on any atom is -0.379 e. The Bertz CT molecular complexity index is 322. The lowest BCUT2D eigenvalue weighted by molar-refractivity contribution is 0.0205. The van der Waals surface area contributed by atoms with Crippen molar-refractivity contribution in [2.24, 2.45) is 16.3 Å². The molecule has 2 unspecified atom stereocenters. The van der Waals surface area contributed by atoms with E-state index >= 15 is 0 Å². The Morgan fingerprint density at radius 2 is 1.81 bits per heavy atom. The highest BCUT2D eigenvalue weighted by atomic mass is 16.5. The molecule has 0 aromatic carbocycles. The van der Waals surface area contributed by atoms with Gasteiger partial charge in [0.1, 0.15) is 0 Å². The Balaban J connectivity index is 2.41. The Morgan fingerprint density at radius 1 is 1.24 bits per heavy atom. The van der Waals surface area contributed by atoms with Gasteiger partial charge in [-0.25, -0.2) is 0 Å². The SMILES string of the molecule is CN=C(NCC(C1CC1)N(C)C)NCC(OC)C(C)(C)C. The average Bonchev–Trinajstić information content (AvgIpc) is 3.19. The number of aliphatic imine (C=N–C) groups is 1. The van der Waals surface area contributed by atoms with Crippen molar-refractivity contribution in [2.75, 3.05) is 41.3 Å². The van der Waals surface area contributed by atoms with E-state index in [0.29, 0.717) is 6.04 Å². The molecule has 0 aromatic rings. The summed E-state index contributed by atoms with van der Waals surface area (Å²) in [4.78, 5) is 6.62. The second-order valence-corrected chi connectivity index (χ2v) is 7.29. The first-order chi connectivity index (χ1) is 9.79. The van der Waals surface area contributed by atoms with Crippen LogP contribution in [0.15, 0.2) is 4.99 Å². The van der Waals surface area contributed by atoms with Crippen LogP contribution in [0.3, 0.4) is 0 Å². The standard InChI is InChI=1S/C16H34N4O/c1-16(2,3)14(21-7)11-19-15(17-4)18-10-13(20(5)6)12-8-9-12/h12-14H,8-11H2,1-7H3,(H2,17,18,19). The van der Waals surface area contributed by atoms with Crippen LogP contribution in [0.1, 0.15) is 33.6 Å². The second-order valence-electron chi connectivity index (χ2n) is 7.29. The zero-order valence-electron chi connectivity index (χ0n) is 14.9. The van der Waals surface area contributed by atoms with Crippen LogP contribution in [0, 0.1) is 11.3 Å². The molecule has 5 nitrogen and oxygen atoms in total. The van der Waals surface area contributed by atoms with Crippen molar-refractivity contribution in [1.82, 2.24) is 15.5 Å². The van der Waals surface area contributed by atoms with Crippen LogP contribution in [-0.2, 0) is 4.74 Å². The summed E-state index contributed by atoms with van der Waals surface area (Å²) in [6.07, 6.45) is 2.86. The van der Waals surface area contributed by atoms with Gasteiger partial charge in [-0.15, -0.1) is 0 Å². The molecule has 21 heavy (non-hydrogen) atoms. The van der Waals surface area contributed by atoms with Crippen molar-refractivity contribution >= 4 is 5.96 Å². The Morgan fingerprint density at radius 3 is 2.19 bits per heavy atom. The van der Waals surface area contributed by atoms with Crippen LogP contribution < -0.4 is 10.6 Å². The summed E-state index contributed by atoms with van der Waals surface area (Å²) in [5.41, 5.74) is 0.112. The summed E-state index contributed by atoms with van der Waals surface area (Å²) in [6, 6.07) is 0.587. The molecule has 124 valence electrons. The molecular weight excluding hydrogens is 264 g/mol. The molecule has 0 amide bonds. The number of hydrogen-bond acceptors (Lipinski definition) is 3. The van der Waals surface area contributed by atoms with Crippen LogP contribution in [0.5, 0.6) is 0 Å². The van der Waals surface area contributed by atoms with Crippen molar-refractivity contribution in [1.29, 1.82) is 0 Å². The Kier molecular flexibility index (Phi) is 6.94. The van der Waals surface area contributed by atoms with E-state index in [9.17, 15) is 0 Å². The van der Waals surface area contributed by atoms with Crippen LogP contribution >= 0.6 is 0 Å². The first-order valence-corrected chi connectivity index (χ1v) is 7.93. The molecule has 0 bridgehead atoms. The maximum atomic E-state index is 5.57. The maximum Gasteiger partial charge on any atom is 0.191 e. The van der Waals surface area contributed by atoms with E-state index in [4.69, 9.17) is 4.74 Å². The molecule has 1 fully saturated rings. The smallest absolute Gasteiger partial charge is 0.191 e. The van der Waals surface area contributed by atoms with Gasteiger partial charge in [0.05, 0.1) is 6.10 Å². The fourth-order valence-electron chi connectivity index (χ4n) is 2.61. The van der Waals surface area contributed by atoms with E-state index in [-0.39, 0.29) is 11.5 Å². The summed E-state index contributed by atoms with van der Waals surface area (Å²) in [5.74, 6) is 1.70. The highest BCUT2D eigenvalue weighted by Crippen LogP contribution is 2.34. The fourth-order valence-corrected chi connectivity index (χ4v) is 2.61. The summed E-state index contributed by atoms with van der Waals surface area (Å²) in [6.45, 7) is 8.26. The Labute approximate surface area is 130 Å². The number of nitrogens with one attached hydrogen (secondary N) is 2. The minimum atomic E-state index is 0.112. The van der Waals surface area contributed by atoms with E-state index < -0.39 is 0 Å².